The summed E-state index contributed by atoms with van der Waals surface area (Å²) in [7, 11) is 0. The number of phenols is 1. The molecule has 7 heteroatoms. The van der Waals surface area contributed by atoms with Crippen LogP contribution in [0.3, 0.4) is 0 Å². The van der Waals surface area contributed by atoms with Crippen LogP contribution in [0.1, 0.15) is 32.6 Å². The molecule has 0 fully saturated rings. The lowest BCUT2D eigenvalue weighted by atomic mass is 10.00. The van der Waals surface area contributed by atoms with E-state index in [2.05, 4.69) is 4.98 Å². The first-order valence-corrected chi connectivity index (χ1v) is 10.1. The number of non-ortho nitro benzene ring substituents is 1. The maximum Gasteiger partial charge on any atom is 0.344 e. The number of fused-ring (bicyclic) bond motifs is 1. The second-order valence-corrected chi connectivity index (χ2v) is 7.64. The highest BCUT2D eigenvalue weighted by Crippen LogP contribution is 2.27. The monoisotopic (exact) mass is 440 g/mol. The number of phenolic OH excluding ortho intramolecular Hbond substituents is 1. The summed E-state index contributed by atoms with van der Waals surface area (Å²) in [5.74, 6) is -0.114. The molecular formula is C26H20N2O5. The number of hydrogen-bond acceptors (Lipinski definition) is 6. The van der Waals surface area contributed by atoms with Crippen LogP contribution < -0.4 is 4.74 Å². The molecule has 4 aromatic rings. The Bertz CT molecular complexity index is 1390. The van der Waals surface area contributed by atoms with Crippen molar-refractivity contribution in [1.82, 2.24) is 4.98 Å². The first-order chi connectivity index (χ1) is 15.8. The largest absolute Gasteiger partial charge is 0.507 e. The molecule has 33 heavy (non-hydrogen) atoms. The minimum absolute atomic E-state index is 0.0869. The maximum absolute atomic E-state index is 13.0. The van der Waals surface area contributed by atoms with Crippen LogP contribution >= 0.6 is 0 Å². The van der Waals surface area contributed by atoms with Crippen molar-refractivity contribution in [2.75, 3.05) is 0 Å². The summed E-state index contributed by atoms with van der Waals surface area (Å²) < 4.78 is 5.49. The van der Waals surface area contributed by atoms with E-state index >= 15 is 0 Å². The van der Waals surface area contributed by atoms with E-state index in [1.54, 1.807) is 24.5 Å². The Morgan fingerprint density at radius 1 is 1.00 bits per heavy atom. The van der Waals surface area contributed by atoms with Gasteiger partial charge in [-0.2, -0.15) is 0 Å². The summed E-state index contributed by atoms with van der Waals surface area (Å²) in [5, 5.41) is 22.5. The molecule has 4 rings (SSSR count). The van der Waals surface area contributed by atoms with Crippen molar-refractivity contribution in [2.24, 2.45) is 0 Å². The zero-order valence-corrected chi connectivity index (χ0v) is 18.0. The second-order valence-electron chi connectivity index (χ2n) is 7.64. The molecule has 0 radical (unpaired) electrons. The summed E-state index contributed by atoms with van der Waals surface area (Å²) >= 11 is 0. The predicted molar refractivity (Wildman–Crippen MR) is 126 cm³/mol. The van der Waals surface area contributed by atoms with Crippen LogP contribution in [0.4, 0.5) is 5.69 Å². The predicted octanol–water partition coefficient (Wildman–Crippen LogP) is 5.86. The quantitative estimate of drug-likeness (QED) is 0.137. The third kappa shape index (κ3) is 4.72. The van der Waals surface area contributed by atoms with Crippen LogP contribution in [0.2, 0.25) is 0 Å². The number of nitro benzene ring substituents is 1. The summed E-state index contributed by atoms with van der Waals surface area (Å²) in [6.07, 6.45) is 7.03. The molecule has 0 bridgehead atoms. The van der Waals surface area contributed by atoms with E-state index in [0.29, 0.717) is 11.1 Å². The lowest BCUT2D eigenvalue weighted by Crippen LogP contribution is -2.10. The van der Waals surface area contributed by atoms with Crippen molar-refractivity contribution in [3.63, 3.8) is 0 Å². The number of carbonyl (C=O) groups excluding carboxylic acids is 1. The first-order valence-electron chi connectivity index (χ1n) is 10.1. The average Bonchev–Trinajstić information content (AvgIpc) is 2.80. The molecule has 1 N–H and O–H groups in total. The van der Waals surface area contributed by atoms with Gasteiger partial charge in [0.2, 0.25) is 0 Å². The van der Waals surface area contributed by atoms with Gasteiger partial charge in [-0.25, -0.2) is 4.79 Å². The fraction of sp³-hybridized carbons (Fsp3) is 0.0769. The Morgan fingerprint density at radius 2 is 1.70 bits per heavy atom. The maximum atomic E-state index is 13.0. The summed E-state index contributed by atoms with van der Waals surface area (Å²) in [5.41, 5.74) is 3.28. The SMILES string of the molecule is Cc1cc(/C=C/c2cc3cnccc3cc2C(=O)Oc2ccc([N+](=O)[O-])cc2)cc(C)c1O. The summed E-state index contributed by atoms with van der Waals surface area (Å²) in [6.45, 7) is 3.66. The minimum atomic E-state index is -0.583. The normalized spacial score (nSPS) is 11.1. The van der Waals surface area contributed by atoms with Gasteiger partial charge in [0.05, 0.1) is 10.5 Å². The van der Waals surface area contributed by atoms with Crippen LogP contribution in [0.25, 0.3) is 22.9 Å². The number of nitrogens with zero attached hydrogens (tertiary/aromatic N) is 2. The molecule has 0 aliphatic heterocycles. The number of aryl methyl sites for hydroxylation is 2. The molecule has 164 valence electrons. The van der Waals surface area contributed by atoms with Crippen LogP contribution in [0.5, 0.6) is 11.5 Å². The van der Waals surface area contributed by atoms with Gasteiger partial charge in [-0.05, 0) is 84.0 Å². The van der Waals surface area contributed by atoms with Gasteiger partial charge in [0.1, 0.15) is 11.5 Å². The highest BCUT2D eigenvalue weighted by molar-refractivity contribution is 6.01. The molecule has 0 saturated heterocycles. The van der Waals surface area contributed by atoms with E-state index in [0.717, 1.165) is 27.5 Å². The number of aromatic nitrogens is 1. The number of ether oxygens (including phenoxy) is 1. The van der Waals surface area contributed by atoms with Crippen LogP contribution in [-0.4, -0.2) is 21.0 Å². The molecule has 0 amide bonds. The third-order valence-corrected chi connectivity index (χ3v) is 5.26. The number of benzene rings is 3. The number of aromatic hydroxyl groups is 1. The average molecular weight is 440 g/mol. The highest BCUT2D eigenvalue weighted by Gasteiger charge is 2.15. The first kappa shape index (κ1) is 21.7. The van der Waals surface area contributed by atoms with E-state index in [1.807, 2.05) is 44.2 Å². The Morgan fingerprint density at radius 3 is 2.36 bits per heavy atom. The van der Waals surface area contributed by atoms with Crippen LogP contribution in [0, 0.1) is 24.0 Å². The zero-order valence-electron chi connectivity index (χ0n) is 18.0. The van der Waals surface area contributed by atoms with E-state index in [9.17, 15) is 20.0 Å². The lowest BCUT2D eigenvalue weighted by Gasteiger charge is -2.10. The number of hydrogen-bond donors (Lipinski definition) is 1. The van der Waals surface area contributed by atoms with Crippen molar-refractivity contribution in [1.29, 1.82) is 0 Å². The molecule has 7 nitrogen and oxygen atoms in total. The standard InChI is InChI=1S/C26H20N2O5/c1-16-11-18(12-17(2)25(16)29)3-4-20-13-21-15-27-10-9-19(21)14-24(20)26(30)33-23-7-5-22(6-8-23)28(31)32/h3-15,29H,1-2H3/b4-3+. The van der Waals surface area contributed by atoms with Crippen molar-refractivity contribution in [3.8, 4) is 11.5 Å². The number of carbonyl (C=O) groups is 1. The molecule has 1 aromatic heterocycles. The molecule has 1 heterocycles. The smallest absolute Gasteiger partial charge is 0.344 e. The van der Waals surface area contributed by atoms with Gasteiger partial charge < -0.3 is 9.84 Å². The fourth-order valence-electron chi connectivity index (χ4n) is 3.54. The third-order valence-electron chi connectivity index (χ3n) is 5.26. The Kier molecular flexibility index (Phi) is 5.87. The molecule has 0 aliphatic rings. The summed E-state index contributed by atoms with van der Waals surface area (Å²) in [4.78, 5) is 27.5. The molecular weight excluding hydrogens is 420 g/mol. The molecule has 0 aliphatic carbocycles. The van der Waals surface area contributed by atoms with Crippen molar-refractivity contribution in [3.05, 3.63) is 105 Å². The number of nitro groups is 1. The van der Waals surface area contributed by atoms with Crippen LogP contribution in [-0.2, 0) is 0 Å². The van der Waals surface area contributed by atoms with Gasteiger partial charge >= 0.3 is 5.97 Å². The van der Waals surface area contributed by atoms with Gasteiger partial charge in [-0.1, -0.05) is 12.2 Å². The van der Waals surface area contributed by atoms with E-state index < -0.39 is 10.9 Å². The topological polar surface area (TPSA) is 103 Å². The van der Waals surface area contributed by atoms with Gasteiger partial charge in [0.15, 0.2) is 0 Å². The molecule has 0 atom stereocenters. The molecule has 0 spiro atoms. The Hall–Kier alpha value is -4.52. The van der Waals surface area contributed by atoms with Gasteiger partial charge in [0, 0.05) is 29.9 Å². The number of esters is 1. The van der Waals surface area contributed by atoms with Gasteiger partial charge in [-0.15, -0.1) is 0 Å². The number of pyridine rings is 1. The molecule has 0 saturated carbocycles. The minimum Gasteiger partial charge on any atom is -0.507 e. The number of rotatable bonds is 5. The van der Waals surface area contributed by atoms with Crippen LogP contribution in [0.15, 0.2) is 67.0 Å². The Labute approximate surface area is 189 Å². The molecule has 3 aromatic carbocycles. The van der Waals surface area contributed by atoms with Crippen molar-refractivity contribution >= 4 is 34.6 Å². The van der Waals surface area contributed by atoms with Gasteiger partial charge in [0.25, 0.3) is 5.69 Å². The highest BCUT2D eigenvalue weighted by atomic mass is 16.6. The Balaban J connectivity index is 1.71. The second kappa shape index (κ2) is 8.92. The summed E-state index contributed by atoms with van der Waals surface area (Å²) in [6, 6.07) is 14.4. The zero-order chi connectivity index (χ0) is 23.5. The van der Waals surface area contributed by atoms with Crippen molar-refractivity contribution < 1.29 is 19.6 Å². The van der Waals surface area contributed by atoms with Gasteiger partial charge in [-0.3, -0.25) is 15.1 Å². The van der Waals surface area contributed by atoms with E-state index in [4.69, 9.17) is 4.74 Å². The van der Waals surface area contributed by atoms with Crippen molar-refractivity contribution in [2.45, 2.75) is 13.8 Å². The van der Waals surface area contributed by atoms with E-state index in [1.165, 1.54) is 24.3 Å². The van der Waals surface area contributed by atoms with E-state index in [-0.39, 0.29) is 17.2 Å². The molecule has 0 unspecified atom stereocenters. The fourth-order valence-corrected chi connectivity index (χ4v) is 3.54. The lowest BCUT2D eigenvalue weighted by molar-refractivity contribution is -0.384.